The van der Waals surface area contributed by atoms with Crippen LogP contribution in [0, 0.1) is 23.0 Å². The number of nitrogens with zero attached hydrogens (tertiary/aromatic N) is 3. The van der Waals surface area contributed by atoms with Crippen molar-refractivity contribution in [3.8, 4) is 0 Å². The zero-order chi connectivity index (χ0) is 16.2. The zero-order valence-electron chi connectivity index (χ0n) is 13.3. The Balaban J connectivity index is 1.62. The molecule has 23 heavy (non-hydrogen) atoms. The van der Waals surface area contributed by atoms with Crippen molar-refractivity contribution in [1.82, 2.24) is 4.98 Å². The van der Waals surface area contributed by atoms with Crippen molar-refractivity contribution >= 4 is 11.5 Å². The van der Waals surface area contributed by atoms with E-state index in [-0.39, 0.29) is 5.69 Å². The van der Waals surface area contributed by atoms with Crippen molar-refractivity contribution in [2.24, 2.45) is 5.92 Å². The second kappa shape index (κ2) is 6.77. The van der Waals surface area contributed by atoms with Crippen LogP contribution >= 0.6 is 0 Å². The Hall–Kier alpha value is -2.43. The van der Waals surface area contributed by atoms with Gasteiger partial charge >= 0.3 is 0 Å². The molecule has 1 aromatic heterocycles. The Morgan fingerprint density at radius 2 is 1.96 bits per heavy atom. The fourth-order valence-electron chi connectivity index (χ4n) is 3.28. The summed E-state index contributed by atoms with van der Waals surface area (Å²) in [6.45, 7) is 3.82. The first-order chi connectivity index (χ1) is 11.1. The van der Waals surface area contributed by atoms with E-state index in [4.69, 9.17) is 0 Å². The Kier molecular flexibility index (Phi) is 4.55. The molecule has 0 aliphatic carbocycles. The molecule has 0 spiro atoms. The molecule has 1 aromatic carbocycles. The van der Waals surface area contributed by atoms with E-state index in [0.29, 0.717) is 5.92 Å². The summed E-state index contributed by atoms with van der Waals surface area (Å²) in [4.78, 5) is 17.0. The summed E-state index contributed by atoms with van der Waals surface area (Å²) in [5, 5.41) is 10.8. The van der Waals surface area contributed by atoms with Gasteiger partial charge in [-0.05, 0) is 43.2 Å². The first-order valence-electron chi connectivity index (χ1n) is 8.03. The molecular formula is C18H21N3O2. The van der Waals surface area contributed by atoms with Crippen molar-refractivity contribution < 1.29 is 4.92 Å². The highest BCUT2D eigenvalue weighted by molar-refractivity contribution is 5.50. The molecule has 1 aliphatic rings. The van der Waals surface area contributed by atoms with Crippen LogP contribution in [0.25, 0.3) is 0 Å². The summed E-state index contributed by atoms with van der Waals surface area (Å²) in [6.07, 6.45) is 4.75. The van der Waals surface area contributed by atoms with Crippen LogP contribution in [0.1, 0.15) is 24.0 Å². The normalized spacial score (nSPS) is 15.6. The van der Waals surface area contributed by atoms with E-state index >= 15 is 0 Å². The predicted octanol–water partition coefficient (Wildman–Crippen LogP) is 3.76. The zero-order valence-corrected chi connectivity index (χ0v) is 13.3. The molecule has 2 heterocycles. The van der Waals surface area contributed by atoms with Crippen LogP contribution in [0.15, 0.2) is 42.6 Å². The number of aromatic nitrogens is 1. The number of nitro groups is 1. The minimum atomic E-state index is -0.393. The van der Waals surface area contributed by atoms with E-state index in [1.54, 1.807) is 6.07 Å². The molecule has 5 nitrogen and oxygen atoms in total. The number of anilines is 1. The van der Waals surface area contributed by atoms with Crippen LogP contribution in [0.3, 0.4) is 0 Å². The molecule has 1 saturated heterocycles. The van der Waals surface area contributed by atoms with Crippen LogP contribution in [0.2, 0.25) is 0 Å². The van der Waals surface area contributed by atoms with E-state index in [0.717, 1.165) is 43.7 Å². The van der Waals surface area contributed by atoms with E-state index in [1.165, 1.54) is 11.8 Å². The Morgan fingerprint density at radius 1 is 1.26 bits per heavy atom. The van der Waals surface area contributed by atoms with Gasteiger partial charge in [0.2, 0.25) is 0 Å². The second-order valence-electron chi connectivity index (χ2n) is 6.21. The largest absolute Gasteiger partial charge is 0.356 e. The lowest BCUT2D eigenvalue weighted by Crippen LogP contribution is -2.35. The van der Waals surface area contributed by atoms with Gasteiger partial charge in [0.05, 0.1) is 4.92 Å². The molecule has 120 valence electrons. The molecule has 2 aromatic rings. The van der Waals surface area contributed by atoms with Gasteiger partial charge in [-0.3, -0.25) is 10.1 Å². The van der Waals surface area contributed by atoms with Crippen molar-refractivity contribution in [1.29, 1.82) is 0 Å². The molecule has 0 saturated carbocycles. The van der Waals surface area contributed by atoms with Gasteiger partial charge in [-0.1, -0.05) is 30.3 Å². The Bertz CT molecular complexity index is 680. The summed E-state index contributed by atoms with van der Waals surface area (Å²) in [6, 6.07) is 12.2. The van der Waals surface area contributed by atoms with E-state index < -0.39 is 4.92 Å². The number of hydrogen-bond acceptors (Lipinski definition) is 4. The average molecular weight is 311 g/mol. The summed E-state index contributed by atoms with van der Waals surface area (Å²) in [7, 11) is 0. The maximum atomic E-state index is 10.8. The minimum Gasteiger partial charge on any atom is -0.356 e. The van der Waals surface area contributed by atoms with Crippen molar-refractivity contribution in [3.05, 3.63) is 63.8 Å². The molecule has 0 amide bonds. The lowest BCUT2D eigenvalue weighted by molar-refractivity contribution is -0.385. The third-order valence-corrected chi connectivity index (χ3v) is 4.53. The number of piperidine rings is 1. The minimum absolute atomic E-state index is 0.0604. The second-order valence-corrected chi connectivity index (χ2v) is 6.21. The molecular weight excluding hydrogens is 290 g/mol. The lowest BCUT2D eigenvalue weighted by atomic mass is 9.90. The van der Waals surface area contributed by atoms with Crippen LogP contribution in [-0.2, 0) is 6.42 Å². The fourth-order valence-corrected chi connectivity index (χ4v) is 3.28. The third kappa shape index (κ3) is 3.67. The van der Waals surface area contributed by atoms with Crippen molar-refractivity contribution in [2.75, 3.05) is 18.0 Å². The van der Waals surface area contributed by atoms with Crippen molar-refractivity contribution in [2.45, 2.75) is 26.2 Å². The molecule has 0 atom stereocenters. The number of benzene rings is 1. The van der Waals surface area contributed by atoms with Gasteiger partial charge in [0.15, 0.2) is 0 Å². The monoisotopic (exact) mass is 311 g/mol. The van der Waals surface area contributed by atoms with E-state index in [1.807, 2.05) is 6.92 Å². The molecule has 1 fully saturated rings. The first kappa shape index (κ1) is 15.5. The molecule has 0 N–H and O–H groups in total. The van der Waals surface area contributed by atoms with Gasteiger partial charge in [-0.15, -0.1) is 0 Å². The smallest absolute Gasteiger partial charge is 0.287 e. The third-order valence-electron chi connectivity index (χ3n) is 4.53. The number of hydrogen-bond donors (Lipinski definition) is 0. The summed E-state index contributed by atoms with van der Waals surface area (Å²) in [5.74, 6) is 1.58. The van der Waals surface area contributed by atoms with Crippen LogP contribution in [-0.4, -0.2) is 23.0 Å². The molecule has 5 heteroatoms. The SMILES string of the molecule is Cc1cc([N+](=O)[O-])cnc1N1CCC(Cc2ccccc2)CC1. The molecule has 0 radical (unpaired) electrons. The maximum Gasteiger partial charge on any atom is 0.287 e. The van der Waals surface area contributed by atoms with Gasteiger partial charge in [-0.25, -0.2) is 4.98 Å². The predicted molar refractivity (Wildman–Crippen MR) is 90.7 cm³/mol. The highest BCUT2D eigenvalue weighted by Gasteiger charge is 2.22. The van der Waals surface area contributed by atoms with Crippen LogP contribution in [0.5, 0.6) is 0 Å². The fraction of sp³-hybridized carbons (Fsp3) is 0.389. The van der Waals surface area contributed by atoms with Crippen LogP contribution < -0.4 is 4.90 Å². The Labute approximate surface area is 136 Å². The highest BCUT2D eigenvalue weighted by Crippen LogP contribution is 2.27. The molecule has 3 rings (SSSR count). The van der Waals surface area contributed by atoms with Gasteiger partial charge in [0.1, 0.15) is 12.0 Å². The van der Waals surface area contributed by atoms with Crippen LogP contribution in [0.4, 0.5) is 11.5 Å². The van der Waals surface area contributed by atoms with E-state index in [2.05, 4.69) is 40.2 Å². The van der Waals surface area contributed by atoms with Gasteiger partial charge < -0.3 is 4.90 Å². The van der Waals surface area contributed by atoms with E-state index in [9.17, 15) is 10.1 Å². The molecule has 0 bridgehead atoms. The topological polar surface area (TPSA) is 59.3 Å². The Morgan fingerprint density at radius 3 is 2.57 bits per heavy atom. The standard InChI is InChI=1S/C18H21N3O2/c1-14-11-17(21(22)23)13-19-18(14)20-9-7-16(8-10-20)12-15-5-3-2-4-6-15/h2-6,11,13,16H,7-10,12H2,1H3. The number of pyridine rings is 1. The summed E-state index contributed by atoms with van der Waals surface area (Å²) < 4.78 is 0. The molecule has 0 unspecified atom stereocenters. The maximum absolute atomic E-state index is 10.8. The first-order valence-corrected chi connectivity index (χ1v) is 8.03. The van der Waals surface area contributed by atoms with Gasteiger partial charge in [-0.2, -0.15) is 0 Å². The average Bonchev–Trinajstić information content (AvgIpc) is 2.56. The van der Waals surface area contributed by atoms with Gasteiger partial charge in [0, 0.05) is 19.2 Å². The quantitative estimate of drug-likeness (QED) is 0.637. The number of rotatable bonds is 4. The molecule has 1 aliphatic heterocycles. The lowest BCUT2D eigenvalue weighted by Gasteiger charge is -2.33. The van der Waals surface area contributed by atoms with Crippen molar-refractivity contribution in [3.63, 3.8) is 0 Å². The number of aryl methyl sites for hydroxylation is 1. The summed E-state index contributed by atoms with van der Waals surface area (Å²) in [5.41, 5.74) is 2.33. The summed E-state index contributed by atoms with van der Waals surface area (Å²) >= 11 is 0. The highest BCUT2D eigenvalue weighted by atomic mass is 16.6. The van der Waals surface area contributed by atoms with Gasteiger partial charge in [0.25, 0.3) is 5.69 Å².